The highest BCUT2D eigenvalue weighted by molar-refractivity contribution is 5.96. The third-order valence-electron chi connectivity index (χ3n) is 3.19. The van der Waals surface area contributed by atoms with Gasteiger partial charge in [-0.3, -0.25) is 14.2 Å². The molecule has 5 nitrogen and oxygen atoms in total. The van der Waals surface area contributed by atoms with E-state index in [0.717, 1.165) is 15.7 Å². The van der Waals surface area contributed by atoms with E-state index in [-0.39, 0.29) is 17.8 Å². The molecule has 0 aliphatic heterocycles. The van der Waals surface area contributed by atoms with Gasteiger partial charge in [0, 0.05) is 26.7 Å². The fourth-order valence-electron chi connectivity index (χ4n) is 2.10. The van der Waals surface area contributed by atoms with Crippen molar-refractivity contribution >= 4 is 5.78 Å². The minimum atomic E-state index is -0.550. The molecule has 0 aliphatic rings. The molecule has 0 radical (unpaired) electrons. The minimum Gasteiger partial charge on any atom is -0.303 e. The zero-order valence-corrected chi connectivity index (χ0v) is 11.7. The maximum Gasteiger partial charge on any atom is 0.330 e. The van der Waals surface area contributed by atoms with Crippen LogP contribution in [0.3, 0.4) is 0 Å². The maximum atomic E-state index is 12.2. The summed E-state index contributed by atoms with van der Waals surface area (Å²) in [5, 5.41) is 0. The number of nitrogens with zero attached hydrogens (tertiary/aromatic N) is 2. The molecule has 0 atom stereocenters. The van der Waals surface area contributed by atoms with Crippen molar-refractivity contribution in [1.29, 1.82) is 0 Å². The normalized spacial score (nSPS) is 10.6. The molecule has 0 bridgehead atoms. The van der Waals surface area contributed by atoms with E-state index in [1.165, 1.54) is 24.9 Å². The molecule has 0 spiro atoms. The second kappa shape index (κ2) is 5.28. The number of aryl methyl sites for hydroxylation is 2. The molecule has 2 aromatic rings. The summed E-state index contributed by atoms with van der Waals surface area (Å²) >= 11 is 0. The Morgan fingerprint density at radius 2 is 1.90 bits per heavy atom. The summed E-state index contributed by atoms with van der Waals surface area (Å²) in [5.74, 6) is -0.285. The summed E-state index contributed by atoms with van der Waals surface area (Å²) in [7, 11) is 2.89. The predicted molar refractivity (Wildman–Crippen MR) is 76.1 cm³/mol. The molecule has 1 aromatic carbocycles. The number of aromatic nitrogens is 2. The number of hydrogen-bond donors (Lipinski definition) is 0. The summed E-state index contributed by atoms with van der Waals surface area (Å²) in [6, 6.07) is 7.57. The number of hydrogen-bond acceptors (Lipinski definition) is 3. The second-order valence-electron chi connectivity index (χ2n) is 4.89. The van der Waals surface area contributed by atoms with Crippen LogP contribution in [0.15, 0.2) is 40.1 Å². The number of ketones is 1. The van der Waals surface area contributed by atoms with Gasteiger partial charge in [-0.05, 0) is 12.5 Å². The molecule has 20 heavy (non-hydrogen) atoms. The number of Topliss-reactive ketones (excluding diaryl/α,β-unsaturated/α-hetero) is 1. The van der Waals surface area contributed by atoms with Crippen LogP contribution in [0.1, 0.15) is 21.5 Å². The van der Waals surface area contributed by atoms with Crippen molar-refractivity contribution in [3.8, 4) is 0 Å². The van der Waals surface area contributed by atoms with Crippen molar-refractivity contribution in [3.63, 3.8) is 0 Å². The van der Waals surface area contributed by atoms with Crippen LogP contribution >= 0.6 is 0 Å². The van der Waals surface area contributed by atoms with E-state index in [1.54, 1.807) is 0 Å². The Hall–Kier alpha value is -2.43. The monoisotopic (exact) mass is 272 g/mol. The van der Waals surface area contributed by atoms with E-state index in [1.807, 2.05) is 31.2 Å². The van der Waals surface area contributed by atoms with E-state index in [9.17, 15) is 14.4 Å². The molecular formula is C15H16N2O3. The summed E-state index contributed by atoms with van der Waals surface area (Å²) < 4.78 is 2.19. The first-order valence-electron chi connectivity index (χ1n) is 6.25. The third kappa shape index (κ3) is 2.61. The largest absolute Gasteiger partial charge is 0.330 e. The van der Waals surface area contributed by atoms with Gasteiger partial charge in [0.15, 0.2) is 5.78 Å². The van der Waals surface area contributed by atoms with Crippen LogP contribution in [0.2, 0.25) is 0 Å². The highest BCUT2D eigenvalue weighted by atomic mass is 16.2. The van der Waals surface area contributed by atoms with Crippen LogP contribution in [0.4, 0.5) is 0 Å². The Morgan fingerprint density at radius 3 is 2.55 bits per heavy atom. The van der Waals surface area contributed by atoms with Gasteiger partial charge in [0.2, 0.25) is 0 Å². The lowest BCUT2D eigenvalue weighted by atomic mass is 10.0. The minimum absolute atomic E-state index is 0.0381. The van der Waals surface area contributed by atoms with Crippen LogP contribution < -0.4 is 11.2 Å². The molecule has 0 unspecified atom stereocenters. The van der Waals surface area contributed by atoms with Gasteiger partial charge in [-0.25, -0.2) is 4.79 Å². The van der Waals surface area contributed by atoms with Gasteiger partial charge in [0.1, 0.15) is 0 Å². The van der Waals surface area contributed by atoms with Gasteiger partial charge in [0.25, 0.3) is 5.56 Å². The lowest BCUT2D eigenvalue weighted by Crippen LogP contribution is -2.39. The SMILES string of the molecule is Cc1cccc(CC(=O)c2cn(C)c(=O)n(C)c2=O)c1. The van der Waals surface area contributed by atoms with Gasteiger partial charge in [0.05, 0.1) is 5.56 Å². The lowest BCUT2D eigenvalue weighted by Gasteiger charge is -2.06. The average Bonchev–Trinajstić information content (AvgIpc) is 2.40. The van der Waals surface area contributed by atoms with E-state index in [0.29, 0.717) is 0 Å². The van der Waals surface area contributed by atoms with Gasteiger partial charge in [-0.15, -0.1) is 0 Å². The molecule has 1 heterocycles. The first-order chi connectivity index (χ1) is 9.40. The van der Waals surface area contributed by atoms with Crippen LogP contribution in [-0.2, 0) is 20.5 Å². The van der Waals surface area contributed by atoms with Crippen molar-refractivity contribution in [3.05, 3.63) is 68.0 Å². The van der Waals surface area contributed by atoms with E-state index in [4.69, 9.17) is 0 Å². The zero-order chi connectivity index (χ0) is 14.9. The molecule has 5 heteroatoms. The molecular weight excluding hydrogens is 256 g/mol. The zero-order valence-electron chi connectivity index (χ0n) is 11.7. The number of benzene rings is 1. The topological polar surface area (TPSA) is 61.1 Å². The highest BCUT2D eigenvalue weighted by Gasteiger charge is 2.15. The molecule has 0 saturated carbocycles. The van der Waals surface area contributed by atoms with E-state index < -0.39 is 11.2 Å². The molecule has 2 rings (SSSR count). The van der Waals surface area contributed by atoms with Gasteiger partial charge in [-0.2, -0.15) is 0 Å². The molecule has 0 aliphatic carbocycles. The van der Waals surface area contributed by atoms with Crippen molar-refractivity contribution in [2.75, 3.05) is 0 Å². The van der Waals surface area contributed by atoms with Crippen LogP contribution in [0.5, 0.6) is 0 Å². The Balaban J connectivity index is 2.40. The van der Waals surface area contributed by atoms with Crippen LogP contribution in [0.25, 0.3) is 0 Å². The summed E-state index contributed by atoms with van der Waals surface area (Å²) in [5.41, 5.74) is 0.957. The number of carbonyl (C=O) groups is 1. The Labute approximate surface area is 116 Å². The second-order valence-corrected chi connectivity index (χ2v) is 4.89. The fourth-order valence-corrected chi connectivity index (χ4v) is 2.10. The van der Waals surface area contributed by atoms with Crippen LogP contribution in [-0.4, -0.2) is 14.9 Å². The van der Waals surface area contributed by atoms with E-state index >= 15 is 0 Å². The molecule has 0 N–H and O–H groups in total. The Kier molecular flexibility index (Phi) is 3.70. The first-order valence-corrected chi connectivity index (χ1v) is 6.25. The standard InChI is InChI=1S/C15H16N2O3/c1-10-5-4-6-11(7-10)8-13(18)12-9-16(2)15(20)17(3)14(12)19/h4-7,9H,8H2,1-3H3. The van der Waals surface area contributed by atoms with E-state index in [2.05, 4.69) is 0 Å². The van der Waals surface area contributed by atoms with Crippen molar-refractivity contribution in [2.24, 2.45) is 14.1 Å². The Bertz CT molecular complexity index is 784. The third-order valence-corrected chi connectivity index (χ3v) is 3.19. The average molecular weight is 272 g/mol. The quantitative estimate of drug-likeness (QED) is 0.777. The van der Waals surface area contributed by atoms with Crippen molar-refractivity contribution < 1.29 is 4.79 Å². The van der Waals surface area contributed by atoms with Gasteiger partial charge >= 0.3 is 5.69 Å². The summed E-state index contributed by atoms with van der Waals surface area (Å²) in [4.78, 5) is 35.8. The predicted octanol–water partition coefficient (Wildman–Crippen LogP) is 0.818. The number of carbonyl (C=O) groups excluding carboxylic acids is 1. The number of rotatable bonds is 3. The smallest absolute Gasteiger partial charge is 0.303 e. The van der Waals surface area contributed by atoms with Gasteiger partial charge in [-0.1, -0.05) is 29.8 Å². The van der Waals surface area contributed by atoms with Gasteiger partial charge < -0.3 is 4.57 Å². The molecule has 104 valence electrons. The molecule has 1 aromatic heterocycles. The van der Waals surface area contributed by atoms with Crippen LogP contribution in [0, 0.1) is 6.92 Å². The highest BCUT2D eigenvalue weighted by Crippen LogP contribution is 2.07. The summed E-state index contributed by atoms with van der Waals surface area (Å²) in [6.07, 6.45) is 1.46. The molecule has 0 fully saturated rings. The summed E-state index contributed by atoms with van der Waals surface area (Å²) in [6.45, 7) is 1.94. The van der Waals surface area contributed by atoms with Crippen molar-refractivity contribution in [2.45, 2.75) is 13.3 Å². The molecule has 0 saturated heterocycles. The molecule has 0 amide bonds. The first kappa shape index (κ1) is 14.0. The lowest BCUT2D eigenvalue weighted by molar-refractivity contribution is 0.0990. The maximum absolute atomic E-state index is 12.2. The van der Waals surface area contributed by atoms with Crippen molar-refractivity contribution in [1.82, 2.24) is 9.13 Å². The Morgan fingerprint density at radius 1 is 1.20 bits per heavy atom. The fraction of sp³-hybridized carbons (Fsp3) is 0.267.